The third-order valence-corrected chi connectivity index (χ3v) is 5.25. The second-order valence-electron chi connectivity index (χ2n) is 7.07. The number of halogens is 3. The van der Waals surface area contributed by atoms with E-state index in [0.29, 0.717) is 31.8 Å². The monoisotopic (exact) mass is 369 g/mol. The van der Waals surface area contributed by atoms with Crippen molar-refractivity contribution in [2.75, 3.05) is 18.0 Å². The lowest BCUT2D eigenvalue weighted by Crippen LogP contribution is -2.53. The van der Waals surface area contributed by atoms with Crippen LogP contribution >= 0.6 is 0 Å². The third-order valence-electron chi connectivity index (χ3n) is 5.25. The molecule has 1 saturated carbocycles. The van der Waals surface area contributed by atoms with Crippen molar-refractivity contribution < 1.29 is 22.8 Å². The van der Waals surface area contributed by atoms with Crippen molar-refractivity contribution in [1.82, 2.24) is 9.88 Å². The molecule has 0 unspecified atom stereocenters. The number of carbonyl (C=O) groups is 2. The number of nitrogens with zero attached hydrogens (tertiary/aromatic N) is 3. The van der Waals surface area contributed by atoms with Gasteiger partial charge in [0.2, 0.25) is 5.91 Å². The van der Waals surface area contributed by atoms with Gasteiger partial charge in [0.05, 0.1) is 11.9 Å². The number of piperidine rings is 1. The minimum atomic E-state index is -4.96. The lowest BCUT2D eigenvalue weighted by Gasteiger charge is -2.39. The number of hydrogen-bond acceptors (Lipinski definition) is 3. The predicted octanol–water partition coefficient (Wildman–Crippen LogP) is 3.01. The smallest absolute Gasteiger partial charge is 0.342 e. The van der Waals surface area contributed by atoms with Crippen LogP contribution in [0.1, 0.15) is 32.6 Å². The Morgan fingerprint density at radius 1 is 1.23 bits per heavy atom. The zero-order valence-electron chi connectivity index (χ0n) is 14.6. The summed E-state index contributed by atoms with van der Waals surface area (Å²) in [5, 5.41) is 0. The van der Waals surface area contributed by atoms with Crippen LogP contribution in [0.25, 0.3) is 0 Å². The summed E-state index contributed by atoms with van der Waals surface area (Å²) in [5.74, 6) is -1.40. The fraction of sp³-hybridized carbons (Fsp3) is 0.611. The maximum atomic E-state index is 13.1. The molecule has 1 aliphatic heterocycles. The van der Waals surface area contributed by atoms with Crippen LogP contribution in [0.15, 0.2) is 24.5 Å². The van der Waals surface area contributed by atoms with Gasteiger partial charge in [0, 0.05) is 31.2 Å². The summed E-state index contributed by atoms with van der Waals surface area (Å²) in [6.45, 7) is 2.64. The first-order valence-corrected chi connectivity index (χ1v) is 8.88. The van der Waals surface area contributed by atoms with Gasteiger partial charge in [-0.3, -0.25) is 19.5 Å². The van der Waals surface area contributed by atoms with Crippen molar-refractivity contribution in [2.24, 2.45) is 11.8 Å². The van der Waals surface area contributed by atoms with Crippen molar-refractivity contribution in [2.45, 2.75) is 44.8 Å². The summed E-state index contributed by atoms with van der Waals surface area (Å²) in [6, 6.07) is 2.35. The third kappa shape index (κ3) is 3.99. The van der Waals surface area contributed by atoms with Crippen LogP contribution in [0.2, 0.25) is 0 Å². The Morgan fingerprint density at radius 2 is 1.88 bits per heavy atom. The van der Waals surface area contributed by atoms with Gasteiger partial charge in [0.25, 0.3) is 0 Å². The maximum absolute atomic E-state index is 13.1. The summed E-state index contributed by atoms with van der Waals surface area (Å²) < 4.78 is 39.2. The maximum Gasteiger partial charge on any atom is 0.471 e. The summed E-state index contributed by atoms with van der Waals surface area (Å²) in [7, 11) is 0. The SMILES string of the molecule is C[C@H](C(=O)N1CCC(N(C(=O)C(F)(F)F)c2cccnc2)CC1)C1CC1. The highest BCUT2D eigenvalue weighted by Gasteiger charge is 2.46. The van der Waals surface area contributed by atoms with E-state index in [1.165, 1.54) is 24.5 Å². The Kier molecular flexibility index (Phi) is 5.20. The van der Waals surface area contributed by atoms with E-state index in [1.54, 1.807) is 4.90 Å². The van der Waals surface area contributed by atoms with E-state index in [2.05, 4.69) is 4.98 Å². The largest absolute Gasteiger partial charge is 0.471 e. The zero-order valence-corrected chi connectivity index (χ0v) is 14.6. The van der Waals surface area contributed by atoms with Crippen LogP contribution in [0.4, 0.5) is 18.9 Å². The molecule has 2 fully saturated rings. The summed E-state index contributed by atoms with van der Waals surface area (Å²) in [6.07, 6.45) is 0.524. The average Bonchev–Trinajstić information content (AvgIpc) is 3.46. The van der Waals surface area contributed by atoms with Gasteiger partial charge in [-0.1, -0.05) is 6.92 Å². The van der Waals surface area contributed by atoms with E-state index in [-0.39, 0.29) is 17.5 Å². The molecule has 142 valence electrons. The Labute approximate surface area is 150 Å². The predicted molar refractivity (Wildman–Crippen MR) is 89.3 cm³/mol. The van der Waals surface area contributed by atoms with E-state index in [0.717, 1.165) is 17.7 Å². The van der Waals surface area contributed by atoms with Gasteiger partial charge in [-0.05, 0) is 43.7 Å². The van der Waals surface area contributed by atoms with Gasteiger partial charge < -0.3 is 4.90 Å². The van der Waals surface area contributed by atoms with Crippen LogP contribution in [-0.4, -0.2) is 47.0 Å². The molecule has 0 radical (unpaired) electrons. The van der Waals surface area contributed by atoms with Gasteiger partial charge in [0.1, 0.15) is 0 Å². The minimum Gasteiger partial charge on any atom is -0.342 e. The molecule has 26 heavy (non-hydrogen) atoms. The molecule has 0 spiro atoms. The molecular formula is C18H22F3N3O2. The first-order chi connectivity index (χ1) is 12.3. The molecule has 0 N–H and O–H groups in total. The Morgan fingerprint density at radius 3 is 2.38 bits per heavy atom. The Hall–Kier alpha value is -2.12. The molecule has 0 bridgehead atoms. The fourth-order valence-corrected chi connectivity index (χ4v) is 3.56. The zero-order chi connectivity index (χ0) is 18.9. The van der Waals surface area contributed by atoms with Crippen molar-refractivity contribution in [3.63, 3.8) is 0 Å². The quantitative estimate of drug-likeness (QED) is 0.820. The number of aromatic nitrogens is 1. The van der Waals surface area contributed by atoms with Crippen LogP contribution in [0.3, 0.4) is 0 Å². The van der Waals surface area contributed by atoms with Crippen LogP contribution < -0.4 is 4.90 Å². The van der Waals surface area contributed by atoms with E-state index >= 15 is 0 Å². The molecule has 5 nitrogen and oxygen atoms in total. The molecule has 2 heterocycles. The van der Waals surface area contributed by atoms with Crippen LogP contribution in [-0.2, 0) is 9.59 Å². The number of anilines is 1. The molecular weight excluding hydrogens is 347 g/mol. The summed E-state index contributed by atoms with van der Waals surface area (Å²) in [4.78, 5) is 30.8. The summed E-state index contributed by atoms with van der Waals surface area (Å²) in [5.41, 5.74) is 0.131. The number of alkyl halides is 3. The lowest BCUT2D eigenvalue weighted by atomic mass is 9.98. The van der Waals surface area contributed by atoms with Gasteiger partial charge in [-0.15, -0.1) is 0 Å². The first kappa shape index (κ1) is 18.7. The Bertz CT molecular complexity index is 653. The molecule has 1 aromatic heterocycles. The number of rotatable bonds is 4. The van der Waals surface area contributed by atoms with E-state index < -0.39 is 18.1 Å². The molecule has 2 amide bonds. The summed E-state index contributed by atoms with van der Waals surface area (Å²) >= 11 is 0. The standard InChI is InChI=1S/C18H22F3N3O2/c1-12(13-4-5-13)16(25)23-9-6-14(7-10-23)24(17(26)18(19,20)21)15-3-2-8-22-11-15/h2-3,8,11-14H,4-7,9-10H2,1H3/t12-/m0/s1. The minimum absolute atomic E-state index is 0.0298. The van der Waals surface area contributed by atoms with Crippen molar-refractivity contribution in [1.29, 1.82) is 0 Å². The molecule has 1 aromatic rings. The number of pyridine rings is 1. The Balaban J connectivity index is 1.71. The lowest BCUT2D eigenvalue weighted by molar-refractivity contribution is -0.171. The van der Waals surface area contributed by atoms with Crippen molar-refractivity contribution >= 4 is 17.5 Å². The normalized spacial score (nSPS) is 19.9. The van der Waals surface area contributed by atoms with Crippen LogP contribution in [0.5, 0.6) is 0 Å². The molecule has 8 heteroatoms. The second-order valence-corrected chi connectivity index (χ2v) is 7.07. The molecule has 3 rings (SSSR count). The highest BCUT2D eigenvalue weighted by molar-refractivity contribution is 5.97. The molecule has 1 aliphatic carbocycles. The van der Waals surface area contributed by atoms with Crippen molar-refractivity contribution in [3.8, 4) is 0 Å². The van der Waals surface area contributed by atoms with Gasteiger partial charge in [0.15, 0.2) is 0 Å². The van der Waals surface area contributed by atoms with Crippen LogP contribution in [0, 0.1) is 11.8 Å². The van der Waals surface area contributed by atoms with Gasteiger partial charge in [-0.25, -0.2) is 0 Å². The topological polar surface area (TPSA) is 53.5 Å². The number of hydrogen-bond donors (Lipinski definition) is 0. The average molecular weight is 369 g/mol. The van der Waals surface area contributed by atoms with E-state index in [1.807, 2.05) is 6.92 Å². The number of carbonyl (C=O) groups excluding carboxylic acids is 2. The van der Waals surface area contributed by atoms with Gasteiger partial charge in [-0.2, -0.15) is 13.2 Å². The van der Waals surface area contributed by atoms with Gasteiger partial charge >= 0.3 is 12.1 Å². The van der Waals surface area contributed by atoms with E-state index in [4.69, 9.17) is 0 Å². The molecule has 0 aromatic carbocycles. The van der Waals surface area contributed by atoms with E-state index in [9.17, 15) is 22.8 Å². The molecule has 1 saturated heterocycles. The second kappa shape index (κ2) is 7.25. The first-order valence-electron chi connectivity index (χ1n) is 8.88. The molecule has 1 atom stereocenters. The number of amides is 2. The highest BCUT2D eigenvalue weighted by Crippen LogP contribution is 2.38. The highest BCUT2D eigenvalue weighted by atomic mass is 19.4. The molecule has 2 aliphatic rings. The van der Waals surface area contributed by atoms with Crippen molar-refractivity contribution in [3.05, 3.63) is 24.5 Å². The fourth-order valence-electron chi connectivity index (χ4n) is 3.56. The number of likely N-dealkylation sites (tertiary alicyclic amines) is 1.